The van der Waals surface area contributed by atoms with E-state index in [0.717, 1.165) is 0 Å². The highest BCUT2D eigenvalue weighted by molar-refractivity contribution is 5.54. The van der Waals surface area contributed by atoms with Crippen molar-refractivity contribution in [2.75, 3.05) is 26.1 Å². The van der Waals surface area contributed by atoms with Gasteiger partial charge in [0, 0.05) is 21.3 Å². The summed E-state index contributed by atoms with van der Waals surface area (Å²) in [4.78, 5) is 10.2. The SMILES string of the molecule is COC(CNc1nn(C)cc1[N+](=O)[O-])OC. The van der Waals surface area contributed by atoms with Gasteiger partial charge in [0.2, 0.25) is 5.82 Å². The van der Waals surface area contributed by atoms with Gasteiger partial charge >= 0.3 is 5.69 Å². The smallest absolute Gasteiger partial charge is 0.330 e. The minimum absolute atomic E-state index is 0.0755. The number of aromatic nitrogens is 2. The molecule has 90 valence electrons. The fraction of sp³-hybridized carbons (Fsp3) is 0.625. The maximum atomic E-state index is 10.7. The van der Waals surface area contributed by atoms with Crippen molar-refractivity contribution in [3.63, 3.8) is 0 Å². The summed E-state index contributed by atoms with van der Waals surface area (Å²) in [5.41, 5.74) is -0.0755. The number of nitrogens with one attached hydrogen (secondary N) is 1. The predicted molar refractivity (Wildman–Crippen MR) is 56.2 cm³/mol. The summed E-state index contributed by atoms with van der Waals surface area (Å²) in [6.07, 6.45) is 0.860. The Morgan fingerprint density at radius 1 is 1.62 bits per heavy atom. The Hall–Kier alpha value is -1.67. The number of anilines is 1. The normalized spacial score (nSPS) is 10.8. The average molecular weight is 230 g/mol. The number of aryl methyl sites for hydroxylation is 1. The third-order valence-electron chi connectivity index (χ3n) is 1.97. The number of nitro groups is 1. The van der Waals surface area contributed by atoms with E-state index in [9.17, 15) is 10.1 Å². The van der Waals surface area contributed by atoms with Gasteiger partial charge in [-0.15, -0.1) is 5.10 Å². The maximum Gasteiger partial charge on any atom is 0.330 e. The zero-order valence-corrected chi connectivity index (χ0v) is 9.34. The molecule has 0 radical (unpaired) electrons. The van der Waals surface area contributed by atoms with Crippen molar-refractivity contribution in [3.05, 3.63) is 16.3 Å². The van der Waals surface area contributed by atoms with Gasteiger partial charge in [-0.1, -0.05) is 0 Å². The molecule has 0 unspecified atom stereocenters. The van der Waals surface area contributed by atoms with Crippen LogP contribution in [0.25, 0.3) is 0 Å². The molecular weight excluding hydrogens is 216 g/mol. The van der Waals surface area contributed by atoms with Gasteiger partial charge in [-0.25, -0.2) is 0 Å². The van der Waals surface area contributed by atoms with Gasteiger partial charge in [-0.05, 0) is 0 Å². The van der Waals surface area contributed by atoms with E-state index in [4.69, 9.17) is 9.47 Å². The summed E-state index contributed by atoms with van der Waals surface area (Å²) in [5, 5.41) is 17.4. The minimum atomic E-state index is -0.496. The molecule has 0 bridgehead atoms. The van der Waals surface area contributed by atoms with Crippen molar-refractivity contribution in [2.45, 2.75) is 6.29 Å². The van der Waals surface area contributed by atoms with Gasteiger partial charge in [0.25, 0.3) is 0 Å². The van der Waals surface area contributed by atoms with E-state index in [-0.39, 0.29) is 18.1 Å². The second kappa shape index (κ2) is 5.42. The number of ether oxygens (including phenoxy) is 2. The van der Waals surface area contributed by atoms with E-state index < -0.39 is 11.2 Å². The highest BCUT2D eigenvalue weighted by atomic mass is 16.7. The van der Waals surface area contributed by atoms with Crippen molar-refractivity contribution >= 4 is 11.5 Å². The van der Waals surface area contributed by atoms with Crippen LogP contribution < -0.4 is 5.32 Å². The summed E-state index contributed by atoms with van der Waals surface area (Å²) >= 11 is 0. The standard InChI is InChI=1S/C8H14N4O4/c1-11-5-6(12(13)14)8(10-11)9-4-7(15-2)16-3/h5,7H,4H2,1-3H3,(H,9,10). The molecule has 1 aromatic rings. The molecule has 1 heterocycles. The zero-order chi connectivity index (χ0) is 12.1. The fourth-order valence-corrected chi connectivity index (χ4v) is 1.18. The Balaban J connectivity index is 2.69. The number of rotatable bonds is 6. The minimum Gasteiger partial charge on any atom is -0.358 e. The molecule has 0 aromatic carbocycles. The molecule has 0 aliphatic rings. The van der Waals surface area contributed by atoms with Gasteiger partial charge in [-0.3, -0.25) is 14.8 Å². The van der Waals surface area contributed by atoms with Gasteiger partial charge in [0.1, 0.15) is 6.20 Å². The van der Waals surface area contributed by atoms with Crippen molar-refractivity contribution in [1.29, 1.82) is 0 Å². The summed E-state index contributed by atoms with van der Waals surface area (Å²) < 4.78 is 11.2. The number of hydrogen-bond acceptors (Lipinski definition) is 6. The fourth-order valence-electron chi connectivity index (χ4n) is 1.18. The molecule has 0 saturated carbocycles. The van der Waals surface area contributed by atoms with Gasteiger partial charge in [0.15, 0.2) is 6.29 Å². The van der Waals surface area contributed by atoms with Crippen LogP contribution in [0.4, 0.5) is 11.5 Å². The van der Waals surface area contributed by atoms with Crippen LogP contribution in [0, 0.1) is 10.1 Å². The number of nitrogens with zero attached hydrogens (tertiary/aromatic N) is 3. The van der Waals surface area contributed by atoms with Crippen LogP contribution in [-0.4, -0.2) is 41.8 Å². The molecule has 1 aromatic heterocycles. The van der Waals surface area contributed by atoms with E-state index in [0.29, 0.717) is 0 Å². The average Bonchev–Trinajstić information content (AvgIpc) is 2.61. The highest BCUT2D eigenvalue weighted by Crippen LogP contribution is 2.21. The van der Waals surface area contributed by atoms with Crippen LogP contribution in [0.3, 0.4) is 0 Å². The largest absolute Gasteiger partial charge is 0.358 e. The lowest BCUT2D eigenvalue weighted by molar-refractivity contribution is -0.384. The van der Waals surface area contributed by atoms with Crippen molar-refractivity contribution < 1.29 is 14.4 Å². The van der Waals surface area contributed by atoms with Gasteiger partial charge in [-0.2, -0.15) is 0 Å². The molecule has 0 atom stereocenters. The molecule has 1 rings (SSSR count). The monoisotopic (exact) mass is 230 g/mol. The first kappa shape index (κ1) is 12.4. The van der Waals surface area contributed by atoms with E-state index in [1.165, 1.54) is 25.1 Å². The molecule has 8 nitrogen and oxygen atoms in total. The first-order chi connectivity index (χ1) is 7.58. The molecule has 8 heteroatoms. The lowest BCUT2D eigenvalue weighted by Crippen LogP contribution is -2.24. The van der Waals surface area contributed by atoms with Crippen LogP contribution in [0.5, 0.6) is 0 Å². The molecular formula is C8H14N4O4. The van der Waals surface area contributed by atoms with Crippen LogP contribution in [0.15, 0.2) is 6.20 Å². The van der Waals surface area contributed by atoms with Crippen LogP contribution >= 0.6 is 0 Å². The van der Waals surface area contributed by atoms with E-state index >= 15 is 0 Å². The molecule has 1 N–H and O–H groups in total. The predicted octanol–water partition coefficient (Wildman–Crippen LogP) is 0.359. The number of hydrogen-bond donors (Lipinski definition) is 1. The van der Waals surface area contributed by atoms with Gasteiger partial charge < -0.3 is 14.8 Å². The first-order valence-corrected chi connectivity index (χ1v) is 4.56. The second-order valence-electron chi connectivity index (χ2n) is 3.08. The third-order valence-corrected chi connectivity index (χ3v) is 1.97. The molecule has 0 amide bonds. The maximum absolute atomic E-state index is 10.7. The van der Waals surface area contributed by atoms with Crippen molar-refractivity contribution in [1.82, 2.24) is 9.78 Å². The molecule has 0 fully saturated rings. The quantitative estimate of drug-likeness (QED) is 0.431. The molecule has 0 spiro atoms. The van der Waals surface area contributed by atoms with Crippen molar-refractivity contribution in [3.8, 4) is 0 Å². The van der Waals surface area contributed by atoms with Gasteiger partial charge in [0.05, 0.1) is 11.5 Å². The zero-order valence-electron chi connectivity index (χ0n) is 9.34. The third kappa shape index (κ3) is 2.91. The summed E-state index contributed by atoms with van der Waals surface area (Å²) in [7, 11) is 4.59. The summed E-state index contributed by atoms with van der Waals surface area (Å²) in [6, 6.07) is 0. The lowest BCUT2D eigenvalue weighted by atomic mass is 10.5. The van der Waals surface area contributed by atoms with E-state index in [2.05, 4.69) is 10.4 Å². The highest BCUT2D eigenvalue weighted by Gasteiger charge is 2.19. The summed E-state index contributed by atoms with van der Waals surface area (Å²) in [5.74, 6) is 0.201. The summed E-state index contributed by atoms with van der Waals surface area (Å²) in [6.45, 7) is 0.283. The lowest BCUT2D eigenvalue weighted by Gasteiger charge is -2.13. The molecule has 0 aliphatic heterocycles. The van der Waals surface area contributed by atoms with E-state index in [1.54, 1.807) is 7.05 Å². The Morgan fingerprint density at radius 3 is 2.75 bits per heavy atom. The Morgan fingerprint density at radius 2 is 2.25 bits per heavy atom. The van der Waals surface area contributed by atoms with E-state index in [1.807, 2.05) is 0 Å². The van der Waals surface area contributed by atoms with Crippen LogP contribution in [-0.2, 0) is 16.5 Å². The Kier molecular flexibility index (Phi) is 4.20. The van der Waals surface area contributed by atoms with Crippen molar-refractivity contribution in [2.24, 2.45) is 7.05 Å². The Labute approximate surface area is 92.3 Å². The van der Waals surface area contributed by atoms with Crippen LogP contribution in [0.1, 0.15) is 0 Å². The second-order valence-corrected chi connectivity index (χ2v) is 3.08. The molecule has 0 aliphatic carbocycles. The first-order valence-electron chi connectivity index (χ1n) is 4.56. The molecule has 16 heavy (non-hydrogen) atoms. The van der Waals surface area contributed by atoms with Crippen LogP contribution in [0.2, 0.25) is 0 Å². The topological polar surface area (TPSA) is 91.5 Å². The number of methoxy groups -OCH3 is 2. The molecule has 0 saturated heterocycles. The Bertz CT molecular complexity index is 361.